The quantitative estimate of drug-likeness (QED) is 0.858. The molecule has 9 heteroatoms. The predicted molar refractivity (Wildman–Crippen MR) is 101 cm³/mol. The van der Waals surface area contributed by atoms with E-state index in [0.717, 1.165) is 6.26 Å². The second kappa shape index (κ2) is 6.49. The second-order valence-electron chi connectivity index (χ2n) is 7.03. The molecule has 8 nitrogen and oxygen atoms in total. The highest BCUT2D eigenvalue weighted by molar-refractivity contribution is 7.90. The van der Waals surface area contributed by atoms with Crippen molar-refractivity contribution in [1.29, 1.82) is 0 Å². The molecule has 0 fully saturated rings. The van der Waals surface area contributed by atoms with E-state index in [-0.39, 0.29) is 28.3 Å². The molecule has 0 unspecified atom stereocenters. The Hall–Kier alpha value is -2.68. The van der Waals surface area contributed by atoms with E-state index in [0.29, 0.717) is 29.2 Å². The van der Waals surface area contributed by atoms with E-state index in [1.165, 1.54) is 13.0 Å². The number of sulfone groups is 1. The van der Waals surface area contributed by atoms with Crippen molar-refractivity contribution in [2.75, 3.05) is 11.6 Å². The number of aromatic nitrogens is 2. The summed E-state index contributed by atoms with van der Waals surface area (Å²) in [6.07, 6.45) is 1.10. The van der Waals surface area contributed by atoms with Crippen LogP contribution in [0.15, 0.2) is 23.1 Å². The van der Waals surface area contributed by atoms with Crippen LogP contribution >= 0.6 is 0 Å². The maximum absolute atomic E-state index is 12.7. The van der Waals surface area contributed by atoms with Crippen molar-refractivity contribution in [2.24, 2.45) is 7.05 Å². The van der Waals surface area contributed by atoms with Crippen molar-refractivity contribution in [3.8, 4) is 11.3 Å². The third-order valence-electron chi connectivity index (χ3n) is 4.50. The predicted octanol–water partition coefficient (Wildman–Crippen LogP) is 1.81. The van der Waals surface area contributed by atoms with E-state index in [2.05, 4.69) is 10.4 Å². The number of carbonyl (C=O) groups excluding carboxylic acids is 2. The summed E-state index contributed by atoms with van der Waals surface area (Å²) < 4.78 is 26.3. The van der Waals surface area contributed by atoms with Crippen LogP contribution in [0.1, 0.15) is 36.7 Å². The first-order valence-corrected chi connectivity index (χ1v) is 10.4. The molecule has 27 heavy (non-hydrogen) atoms. The number of fused-ring (bicyclic) bond motifs is 1. The zero-order valence-corrected chi connectivity index (χ0v) is 16.7. The van der Waals surface area contributed by atoms with Gasteiger partial charge in [-0.15, -0.1) is 0 Å². The fraction of sp³-hybridized carbons (Fsp3) is 0.389. The zero-order chi connectivity index (χ0) is 20.1. The minimum absolute atomic E-state index is 0.0189. The Labute approximate surface area is 158 Å². The highest BCUT2D eigenvalue weighted by atomic mass is 32.2. The van der Waals surface area contributed by atoms with Crippen molar-refractivity contribution >= 4 is 27.5 Å². The highest BCUT2D eigenvalue weighted by Gasteiger charge is 2.35. The summed E-state index contributed by atoms with van der Waals surface area (Å²) in [5, 5.41) is 6.84. The van der Waals surface area contributed by atoms with E-state index in [9.17, 15) is 18.0 Å². The minimum Gasteiger partial charge on any atom is -0.332 e. The minimum atomic E-state index is -3.61. The van der Waals surface area contributed by atoms with Crippen molar-refractivity contribution in [1.82, 2.24) is 14.7 Å². The Kier molecular flexibility index (Phi) is 4.59. The van der Waals surface area contributed by atoms with E-state index < -0.39 is 9.84 Å². The summed E-state index contributed by atoms with van der Waals surface area (Å²) in [5.41, 5.74) is 2.19. The number of rotatable bonds is 4. The van der Waals surface area contributed by atoms with E-state index in [1.54, 1.807) is 22.7 Å². The van der Waals surface area contributed by atoms with Crippen LogP contribution in [0, 0.1) is 0 Å². The molecular formula is C18H22N4O4S. The number of nitrogens with zero attached hydrogens (tertiary/aromatic N) is 3. The number of anilines is 1. The molecular weight excluding hydrogens is 368 g/mol. The van der Waals surface area contributed by atoms with Crippen LogP contribution in [0.25, 0.3) is 11.3 Å². The second-order valence-corrected chi connectivity index (χ2v) is 9.01. The number of hydrogen-bond acceptors (Lipinski definition) is 5. The maximum atomic E-state index is 12.7. The van der Waals surface area contributed by atoms with Gasteiger partial charge in [-0.25, -0.2) is 8.42 Å². The Morgan fingerprint density at radius 3 is 2.48 bits per heavy atom. The Morgan fingerprint density at radius 2 is 1.93 bits per heavy atom. The van der Waals surface area contributed by atoms with E-state index >= 15 is 0 Å². The van der Waals surface area contributed by atoms with Gasteiger partial charge in [-0.3, -0.25) is 14.3 Å². The average Bonchev–Trinajstić information content (AvgIpc) is 3.05. The number of aryl methyl sites for hydroxylation is 1. The van der Waals surface area contributed by atoms with Gasteiger partial charge in [-0.2, -0.15) is 5.10 Å². The Balaban J connectivity index is 2.19. The van der Waals surface area contributed by atoms with Gasteiger partial charge in [0.25, 0.3) is 5.91 Å². The summed E-state index contributed by atoms with van der Waals surface area (Å²) in [4.78, 5) is 25.7. The molecule has 0 radical (unpaired) electrons. The van der Waals surface area contributed by atoms with Crippen LogP contribution in [0.4, 0.5) is 5.82 Å². The van der Waals surface area contributed by atoms with Gasteiger partial charge < -0.3 is 10.2 Å². The smallest absolute Gasteiger partial charge is 0.256 e. The van der Waals surface area contributed by atoms with Crippen LogP contribution in [0.3, 0.4) is 0 Å². The van der Waals surface area contributed by atoms with Gasteiger partial charge in [-0.05, 0) is 31.5 Å². The lowest BCUT2D eigenvalue weighted by molar-refractivity contribution is -0.114. The lowest BCUT2D eigenvalue weighted by Gasteiger charge is -2.20. The van der Waals surface area contributed by atoms with Crippen molar-refractivity contribution in [2.45, 2.75) is 38.3 Å². The Morgan fingerprint density at radius 1 is 1.26 bits per heavy atom. The number of carbonyl (C=O) groups is 2. The molecule has 1 aliphatic heterocycles. The third kappa shape index (κ3) is 3.46. The molecule has 3 rings (SSSR count). The lowest BCUT2D eigenvalue weighted by Crippen LogP contribution is -2.31. The molecule has 0 bridgehead atoms. The van der Waals surface area contributed by atoms with Gasteiger partial charge >= 0.3 is 0 Å². The van der Waals surface area contributed by atoms with Gasteiger partial charge in [0.15, 0.2) is 15.7 Å². The van der Waals surface area contributed by atoms with Gasteiger partial charge in [0.1, 0.15) is 0 Å². The molecule has 2 amide bonds. The van der Waals surface area contributed by atoms with Crippen LogP contribution in [-0.2, 0) is 28.2 Å². The van der Waals surface area contributed by atoms with E-state index in [4.69, 9.17) is 0 Å². The molecule has 0 spiro atoms. The first kappa shape index (κ1) is 19.1. The van der Waals surface area contributed by atoms with Crippen molar-refractivity contribution in [3.63, 3.8) is 0 Å². The van der Waals surface area contributed by atoms with E-state index in [1.807, 2.05) is 19.9 Å². The fourth-order valence-corrected chi connectivity index (χ4v) is 4.21. The summed E-state index contributed by atoms with van der Waals surface area (Å²) >= 11 is 0. The summed E-state index contributed by atoms with van der Waals surface area (Å²) in [6, 6.07) is 4.96. The number of nitrogens with one attached hydrogen (secondary N) is 1. The lowest BCUT2D eigenvalue weighted by atomic mass is 10.0. The number of benzene rings is 1. The first-order chi connectivity index (χ1) is 12.5. The highest BCUT2D eigenvalue weighted by Crippen LogP contribution is 2.35. The van der Waals surface area contributed by atoms with Gasteiger partial charge in [0.05, 0.1) is 16.2 Å². The van der Waals surface area contributed by atoms with Crippen LogP contribution in [0.2, 0.25) is 0 Å². The molecule has 0 saturated carbocycles. The number of amides is 2. The monoisotopic (exact) mass is 390 g/mol. The van der Waals surface area contributed by atoms with Gasteiger partial charge in [0.2, 0.25) is 5.91 Å². The normalized spacial score (nSPS) is 14.0. The van der Waals surface area contributed by atoms with Crippen LogP contribution in [0.5, 0.6) is 0 Å². The first-order valence-electron chi connectivity index (χ1n) is 8.49. The van der Waals surface area contributed by atoms with Gasteiger partial charge in [-0.1, -0.05) is 0 Å². The number of hydrogen-bond donors (Lipinski definition) is 1. The molecule has 0 saturated heterocycles. The summed E-state index contributed by atoms with van der Waals surface area (Å²) in [6.45, 7) is 5.54. The molecule has 1 aliphatic rings. The molecule has 0 atom stereocenters. The fourth-order valence-electron chi connectivity index (χ4n) is 3.28. The van der Waals surface area contributed by atoms with Crippen molar-refractivity contribution in [3.05, 3.63) is 29.3 Å². The zero-order valence-electron chi connectivity index (χ0n) is 15.9. The molecule has 144 valence electrons. The molecule has 2 heterocycles. The van der Waals surface area contributed by atoms with Crippen LogP contribution < -0.4 is 5.32 Å². The average molecular weight is 390 g/mol. The molecule has 1 aromatic carbocycles. The molecule has 1 N–H and O–H groups in total. The molecule has 2 aromatic rings. The maximum Gasteiger partial charge on any atom is 0.256 e. The largest absolute Gasteiger partial charge is 0.332 e. The summed E-state index contributed by atoms with van der Waals surface area (Å²) in [7, 11) is -1.90. The van der Waals surface area contributed by atoms with Crippen molar-refractivity contribution < 1.29 is 18.0 Å². The third-order valence-corrected chi connectivity index (χ3v) is 5.62. The SMILES string of the molecule is CC(=O)Nc1cc(-c2cc3c(c(S(C)(=O)=O)c2)C(=O)N(C(C)C)C3)n(C)n1. The summed E-state index contributed by atoms with van der Waals surface area (Å²) in [5.74, 6) is -0.138. The molecule has 0 aliphatic carbocycles. The standard InChI is InChI=1S/C18H22N4O4S/c1-10(2)22-9-13-6-12(7-15(27(5,25)26)17(13)18(22)24)14-8-16(19-11(3)23)20-21(14)4/h6-8,10H,9H2,1-5H3,(H,19,20,23). The topological polar surface area (TPSA) is 101 Å². The van der Waals surface area contributed by atoms with Crippen LogP contribution in [-0.4, -0.2) is 47.2 Å². The molecule has 1 aromatic heterocycles. The van der Waals surface area contributed by atoms with Gasteiger partial charge in [0, 0.05) is 44.4 Å². The Bertz CT molecular complexity index is 1050.